The van der Waals surface area contributed by atoms with E-state index in [1.165, 1.54) is 11.4 Å². The molecule has 4 heteroatoms. The molecule has 3 nitrogen and oxygen atoms in total. The zero-order valence-electron chi connectivity index (χ0n) is 13.0. The molecule has 0 saturated heterocycles. The van der Waals surface area contributed by atoms with Gasteiger partial charge in [-0.3, -0.25) is 0 Å². The molecule has 0 atom stereocenters. The first-order valence-corrected chi connectivity index (χ1v) is 7.60. The van der Waals surface area contributed by atoms with Crippen LogP contribution in [-0.4, -0.2) is 7.05 Å². The molecule has 0 spiro atoms. The third-order valence-corrected chi connectivity index (χ3v) is 4.36. The van der Waals surface area contributed by atoms with Crippen molar-refractivity contribution in [2.75, 3.05) is 16.8 Å². The van der Waals surface area contributed by atoms with E-state index in [2.05, 4.69) is 66.0 Å². The molecule has 1 aliphatic heterocycles. The largest absolute Gasteiger partial charge is 0.516 e. The maximum Gasteiger partial charge on any atom is 0.116 e. The fourth-order valence-corrected chi connectivity index (χ4v) is 3.25. The van der Waals surface area contributed by atoms with Gasteiger partial charge >= 0.3 is 0 Å². The van der Waals surface area contributed by atoms with Crippen molar-refractivity contribution in [2.24, 2.45) is 0 Å². The molecule has 0 N–H and O–H groups in total. The minimum absolute atomic E-state index is 0. The molecular formula is C20H14IrN2O-2. The van der Waals surface area contributed by atoms with E-state index in [0.29, 0.717) is 0 Å². The standard InChI is InChI=1S/C20H14N2O.Ir/c1-21-13-22(18-8-4-3-7-17(18)21)14-10-11-20-16(12-14)15-6-2-5-9-19(15)23-20;/h2-9,11-13H,1H3;/q-2;. The summed E-state index contributed by atoms with van der Waals surface area (Å²) in [6.07, 6.45) is 0. The summed E-state index contributed by atoms with van der Waals surface area (Å²) < 4.78 is 5.89. The molecular weight excluding hydrogens is 476 g/mol. The average molecular weight is 491 g/mol. The third kappa shape index (κ3) is 2.15. The maximum absolute atomic E-state index is 5.89. The van der Waals surface area contributed by atoms with Crippen LogP contribution in [-0.2, 0) is 20.1 Å². The quantitative estimate of drug-likeness (QED) is 0.347. The summed E-state index contributed by atoms with van der Waals surface area (Å²) in [5.74, 6) is 0. The molecule has 0 amide bonds. The Morgan fingerprint density at radius 3 is 2.54 bits per heavy atom. The normalized spacial score (nSPS) is 13.4. The van der Waals surface area contributed by atoms with Crippen LogP contribution in [0.4, 0.5) is 17.1 Å². The smallest absolute Gasteiger partial charge is 0.116 e. The summed E-state index contributed by atoms with van der Waals surface area (Å²) in [6, 6.07) is 23.9. The van der Waals surface area contributed by atoms with E-state index in [1.807, 2.05) is 24.3 Å². The number of benzene rings is 3. The summed E-state index contributed by atoms with van der Waals surface area (Å²) >= 11 is 0. The van der Waals surface area contributed by atoms with Crippen molar-refractivity contribution in [1.82, 2.24) is 0 Å². The van der Waals surface area contributed by atoms with Crippen molar-refractivity contribution in [2.45, 2.75) is 0 Å². The van der Waals surface area contributed by atoms with Crippen molar-refractivity contribution < 1.29 is 24.5 Å². The number of hydrogen-bond acceptors (Lipinski definition) is 3. The Morgan fingerprint density at radius 2 is 1.67 bits per heavy atom. The van der Waals surface area contributed by atoms with Crippen LogP contribution in [0.2, 0.25) is 0 Å². The Labute approximate surface area is 153 Å². The maximum atomic E-state index is 5.89. The number of nitrogens with zero attached hydrogens (tertiary/aromatic N) is 2. The summed E-state index contributed by atoms with van der Waals surface area (Å²) in [6.45, 7) is 2.09. The minimum Gasteiger partial charge on any atom is -0.516 e. The van der Waals surface area contributed by atoms with E-state index < -0.39 is 0 Å². The zero-order valence-corrected chi connectivity index (χ0v) is 15.4. The van der Waals surface area contributed by atoms with Gasteiger partial charge in [-0.05, 0) is 25.2 Å². The van der Waals surface area contributed by atoms with Gasteiger partial charge in [-0.15, -0.1) is 17.8 Å². The molecule has 5 rings (SSSR count). The Hall–Kier alpha value is -2.29. The van der Waals surface area contributed by atoms with Crippen molar-refractivity contribution in [1.29, 1.82) is 0 Å². The second-order valence-electron chi connectivity index (χ2n) is 5.78. The van der Waals surface area contributed by atoms with Crippen molar-refractivity contribution in [3.8, 4) is 0 Å². The molecule has 121 valence electrons. The van der Waals surface area contributed by atoms with Gasteiger partial charge in [0, 0.05) is 42.4 Å². The first-order chi connectivity index (χ1) is 11.3. The van der Waals surface area contributed by atoms with E-state index in [-0.39, 0.29) is 20.1 Å². The fraction of sp³-hybridized carbons (Fsp3) is 0.0500. The molecule has 0 unspecified atom stereocenters. The molecule has 2 heterocycles. The van der Waals surface area contributed by atoms with Gasteiger partial charge in [0.05, 0.1) is 0 Å². The van der Waals surface area contributed by atoms with Crippen molar-refractivity contribution >= 4 is 39.0 Å². The topological polar surface area (TPSA) is 19.6 Å². The van der Waals surface area contributed by atoms with Gasteiger partial charge in [0.25, 0.3) is 0 Å². The van der Waals surface area contributed by atoms with E-state index in [0.717, 1.165) is 27.6 Å². The number of fused-ring (bicyclic) bond motifs is 4. The molecule has 1 aromatic heterocycles. The van der Waals surface area contributed by atoms with Crippen molar-refractivity contribution in [3.63, 3.8) is 0 Å². The third-order valence-electron chi connectivity index (χ3n) is 4.36. The van der Waals surface area contributed by atoms with Crippen LogP contribution in [0.15, 0.2) is 65.1 Å². The molecule has 1 radical (unpaired) electrons. The molecule has 4 aromatic rings. The molecule has 0 aliphatic carbocycles. The van der Waals surface area contributed by atoms with Crippen LogP contribution in [0.1, 0.15) is 0 Å². The number of hydrogen-bond donors (Lipinski definition) is 0. The van der Waals surface area contributed by atoms with E-state index in [9.17, 15) is 0 Å². The van der Waals surface area contributed by atoms with E-state index in [4.69, 9.17) is 4.42 Å². The Bertz CT molecular complexity index is 1040. The second kappa shape index (κ2) is 5.66. The second-order valence-corrected chi connectivity index (χ2v) is 5.78. The molecule has 0 bridgehead atoms. The summed E-state index contributed by atoms with van der Waals surface area (Å²) in [5, 5.41) is 2.26. The van der Waals surface area contributed by atoms with Gasteiger partial charge in [-0.2, -0.15) is 12.7 Å². The molecule has 0 fully saturated rings. The van der Waals surface area contributed by atoms with E-state index in [1.54, 1.807) is 0 Å². The predicted octanol–water partition coefficient (Wildman–Crippen LogP) is 5.09. The van der Waals surface area contributed by atoms with Gasteiger partial charge in [-0.1, -0.05) is 35.7 Å². The van der Waals surface area contributed by atoms with Gasteiger partial charge in [0.2, 0.25) is 0 Å². The van der Waals surface area contributed by atoms with Crippen LogP contribution in [0.5, 0.6) is 0 Å². The zero-order chi connectivity index (χ0) is 15.4. The Kier molecular flexibility index (Phi) is 3.59. The average Bonchev–Trinajstić information content (AvgIpc) is 3.13. The number of para-hydroxylation sites is 3. The minimum atomic E-state index is 0. The molecule has 0 saturated carbocycles. The van der Waals surface area contributed by atoms with Crippen LogP contribution in [0.25, 0.3) is 21.9 Å². The van der Waals surface area contributed by atoms with Crippen LogP contribution in [0.3, 0.4) is 0 Å². The predicted molar refractivity (Wildman–Crippen MR) is 93.8 cm³/mol. The van der Waals surface area contributed by atoms with Gasteiger partial charge in [-0.25, -0.2) is 0 Å². The Balaban J connectivity index is 0.00000146. The van der Waals surface area contributed by atoms with E-state index >= 15 is 0 Å². The molecule has 3 aromatic carbocycles. The van der Waals surface area contributed by atoms with Crippen LogP contribution in [0, 0.1) is 12.7 Å². The number of furan rings is 1. The number of rotatable bonds is 1. The summed E-state index contributed by atoms with van der Waals surface area (Å²) in [5.41, 5.74) is 5.16. The number of anilines is 3. The van der Waals surface area contributed by atoms with Gasteiger partial charge in [0.1, 0.15) is 5.58 Å². The molecule has 1 aliphatic rings. The first kappa shape index (κ1) is 15.2. The van der Waals surface area contributed by atoms with Crippen LogP contribution < -0.4 is 9.80 Å². The summed E-state index contributed by atoms with van der Waals surface area (Å²) in [4.78, 5) is 4.29. The van der Waals surface area contributed by atoms with Gasteiger partial charge < -0.3 is 14.2 Å². The summed E-state index contributed by atoms with van der Waals surface area (Å²) in [7, 11) is 2.06. The van der Waals surface area contributed by atoms with Gasteiger partial charge in [0.15, 0.2) is 0 Å². The molecule has 24 heavy (non-hydrogen) atoms. The SMILES string of the molecule is CN1[CH-]N(c2[c-]cc3oc4ccccc4c3c2)c2ccccc21.[Ir]. The fourth-order valence-electron chi connectivity index (χ4n) is 3.25. The first-order valence-electron chi connectivity index (χ1n) is 7.60. The monoisotopic (exact) mass is 491 g/mol. The Morgan fingerprint density at radius 1 is 0.917 bits per heavy atom. The van der Waals surface area contributed by atoms with Crippen LogP contribution >= 0.6 is 0 Å². The van der Waals surface area contributed by atoms with Crippen molar-refractivity contribution in [3.05, 3.63) is 73.4 Å².